The fourth-order valence-electron chi connectivity index (χ4n) is 2.99. The lowest BCUT2D eigenvalue weighted by Gasteiger charge is -2.10. The normalized spacial score (nSPS) is 10.7. The molecule has 0 aliphatic heterocycles. The fraction of sp³-hybridized carbons (Fsp3) is 0. The van der Waals surface area contributed by atoms with Gasteiger partial charge in [-0.3, -0.25) is 9.59 Å². The molecule has 0 aliphatic carbocycles. The van der Waals surface area contributed by atoms with E-state index in [2.05, 4.69) is 8.75 Å². The van der Waals surface area contributed by atoms with E-state index in [1.54, 1.807) is 12.1 Å². The zero-order valence-electron chi connectivity index (χ0n) is 13.0. The monoisotopic (exact) mass is 344 g/mol. The van der Waals surface area contributed by atoms with Crippen molar-refractivity contribution in [2.24, 2.45) is 0 Å². The molecule has 0 N–H and O–H groups in total. The van der Waals surface area contributed by atoms with Gasteiger partial charge in [0.2, 0.25) is 0 Å². The largest absolute Gasteiger partial charge is 0.298 e. The van der Waals surface area contributed by atoms with Crippen LogP contribution < -0.4 is 0 Å². The van der Waals surface area contributed by atoms with Crippen molar-refractivity contribution in [3.8, 4) is 22.3 Å². The third-order valence-electron chi connectivity index (χ3n) is 4.17. The van der Waals surface area contributed by atoms with E-state index in [4.69, 9.17) is 0 Å². The zero-order valence-corrected chi connectivity index (χ0v) is 13.9. The molecule has 0 radical (unpaired) electrons. The highest BCUT2D eigenvalue weighted by atomic mass is 32.1. The molecule has 0 fully saturated rings. The summed E-state index contributed by atoms with van der Waals surface area (Å²) in [7, 11) is 0. The number of aromatic nitrogens is 2. The van der Waals surface area contributed by atoms with Crippen LogP contribution >= 0.6 is 11.7 Å². The van der Waals surface area contributed by atoms with Gasteiger partial charge >= 0.3 is 0 Å². The highest BCUT2D eigenvalue weighted by Crippen LogP contribution is 2.36. The number of benzene rings is 3. The summed E-state index contributed by atoms with van der Waals surface area (Å²) in [5, 5.41) is 0. The summed E-state index contributed by atoms with van der Waals surface area (Å²) in [6.07, 6.45) is 1.69. The Hall–Kier alpha value is -3.18. The van der Waals surface area contributed by atoms with Gasteiger partial charge in [0.05, 0.1) is 11.7 Å². The second-order valence-electron chi connectivity index (χ2n) is 5.53. The minimum absolute atomic E-state index is 0.609. The first-order valence-electron chi connectivity index (χ1n) is 7.68. The van der Waals surface area contributed by atoms with Gasteiger partial charge in [-0.25, -0.2) is 0 Å². The van der Waals surface area contributed by atoms with E-state index in [1.807, 2.05) is 48.5 Å². The molecule has 1 aromatic heterocycles. The van der Waals surface area contributed by atoms with E-state index >= 15 is 0 Å². The first-order valence-corrected chi connectivity index (χ1v) is 8.41. The van der Waals surface area contributed by atoms with Crippen LogP contribution in [0.15, 0.2) is 60.7 Å². The van der Waals surface area contributed by atoms with Gasteiger partial charge in [-0.2, -0.15) is 8.75 Å². The van der Waals surface area contributed by atoms with Crippen LogP contribution in [0.25, 0.3) is 33.3 Å². The van der Waals surface area contributed by atoms with Gasteiger partial charge in [0, 0.05) is 22.3 Å². The summed E-state index contributed by atoms with van der Waals surface area (Å²) < 4.78 is 8.88. The van der Waals surface area contributed by atoms with Crippen LogP contribution in [0.2, 0.25) is 0 Å². The van der Waals surface area contributed by atoms with Crippen molar-refractivity contribution < 1.29 is 9.59 Å². The van der Waals surface area contributed by atoms with E-state index in [0.29, 0.717) is 11.1 Å². The van der Waals surface area contributed by atoms with Crippen molar-refractivity contribution in [1.29, 1.82) is 0 Å². The van der Waals surface area contributed by atoms with Gasteiger partial charge in [0.1, 0.15) is 11.0 Å². The molecular formula is C20H12N2O2S. The molecule has 1 heterocycles. The van der Waals surface area contributed by atoms with Crippen molar-refractivity contribution in [2.45, 2.75) is 0 Å². The molecule has 4 aromatic rings. The molecule has 0 amide bonds. The van der Waals surface area contributed by atoms with Gasteiger partial charge in [0.15, 0.2) is 12.6 Å². The summed E-state index contributed by atoms with van der Waals surface area (Å²) in [5.74, 6) is 0. The first kappa shape index (κ1) is 15.4. The van der Waals surface area contributed by atoms with Gasteiger partial charge in [-0.05, 0) is 11.1 Å². The van der Waals surface area contributed by atoms with Crippen LogP contribution in [-0.2, 0) is 0 Å². The summed E-state index contributed by atoms with van der Waals surface area (Å²) >= 11 is 1.12. The molecule has 0 aliphatic rings. The van der Waals surface area contributed by atoms with Crippen LogP contribution in [0.1, 0.15) is 20.7 Å². The summed E-state index contributed by atoms with van der Waals surface area (Å²) in [6.45, 7) is 0. The Bertz CT molecular complexity index is 1020. The second-order valence-corrected chi connectivity index (χ2v) is 6.06. The molecule has 0 spiro atoms. The maximum absolute atomic E-state index is 11.4. The molecule has 0 saturated carbocycles. The van der Waals surface area contributed by atoms with E-state index in [-0.39, 0.29) is 0 Å². The molecule has 3 aromatic carbocycles. The average Bonchev–Trinajstić information content (AvgIpc) is 3.17. The smallest absolute Gasteiger partial charge is 0.150 e. The third kappa shape index (κ3) is 2.55. The van der Waals surface area contributed by atoms with E-state index in [0.717, 1.165) is 57.6 Å². The number of rotatable bonds is 4. The van der Waals surface area contributed by atoms with Crippen LogP contribution in [0.3, 0.4) is 0 Å². The number of fused-ring (bicyclic) bond motifs is 1. The molecule has 5 heteroatoms. The minimum atomic E-state index is 0.609. The van der Waals surface area contributed by atoms with Crippen molar-refractivity contribution in [3.05, 3.63) is 71.8 Å². The van der Waals surface area contributed by atoms with Crippen LogP contribution in [0, 0.1) is 0 Å². The molecule has 120 valence electrons. The number of hydrogen-bond donors (Lipinski definition) is 0. The Balaban J connectivity index is 2.00. The minimum Gasteiger partial charge on any atom is -0.298 e. The number of aldehydes is 2. The highest BCUT2D eigenvalue weighted by Gasteiger charge is 2.16. The van der Waals surface area contributed by atoms with Gasteiger partial charge in [0.25, 0.3) is 0 Å². The molecule has 0 saturated heterocycles. The third-order valence-corrected chi connectivity index (χ3v) is 4.70. The summed E-state index contributed by atoms with van der Waals surface area (Å²) in [5.41, 5.74) is 6.05. The second kappa shape index (κ2) is 6.37. The number of carbonyl (C=O) groups is 2. The van der Waals surface area contributed by atoms with Crippen molar-refractivity contribution >= 4 is 35.3 Å². The van der Waals surface area contributed by atoms with Crippen molar-refractivity contribution in [1.82, 2.24) is 8.75 Å². The number of hydrogen-bond acceptors (Lipinski definition) is 5. The topological polar surface area (TPSA) is 59.9 Å². The maximum Gasteiger partial charge on any atom is 0.150 e. The molecular weight excluding hydrogens is 332 g/mol. The molecule has 25 heavy (non-hydrogen) atoms. The highest BCUT2D eigenvalue weighted by molar-refractivity contribution is 7.00. The SMILES string of the molecule is O=Cc1ccccc1-c1ccc(-c2ccccc2C=O)c2nsnc12. The van der Waals surface area contributed by atoms with Crippen molar-refractivity contribution in [2.75, 3.05) is 0 Å². The number of nitrogens with zero attached hydrogens (tertiary/aromatic N) is 2. The Morgan fingerprint density at radius 1 is 0.600 bits per heavy atom. The molecule has 4 nitrogen and oxygen atoms in total. The first-order chi connectivity index (χ1) is 12.3. The van der Waals surface area contributed by atoms with Gasteiger partial charge < -0.3 is 0 Å². The Labute approximate surface area is 148 Å². The molecule has 0 bridgehead atoms. The molecule has 0 atom stereocenters. The summed E-state index contributed by atoms with van der Waals surface area (Å²) in [4.78, 5) is 22.7. The van der Waals surface area contributed by atoms with E-state index in [1.165, 1.54) is 0 Å². The quantitative estimate of drug-likeness (QED) is 0.506. The van der Waals surface area contributed by atoms with Gasteiger partial charge in [-0.15, -0.1) is 0 Å². The molecule has 4 rings (SSSR count). The lowest BCUT2D eigenvalue weighted by atomic mass is 9.94. The lowest BCUT2D eigenvalue weighted by molar-refractivity contribution is 0.111. The Morgan fingerprint density at radius 3 is 1.48 bits per heavy atom. The van der Waals surface area contributed by atoms with Gasteiger partial charge in [-0.1, -0.05) is 60.7 Å². The average molecular weight is 344 g/mol. The van der Waals surface area contributed by atoms with E-state index in [9.17, 15) is 9.59 Å². The fourth-order valence-corrected chi connectivity index (χ4v) is 3.57. The summed E-state index contributed by atoms with van der Waals surface area (Å²) in [6, 6.07) is 18.7. The van der Waals surface area contributed by atoms with Crippen LogP contribution in [0.5, 0.6) is 0 Å². The molecule has 0 unspecified atom stereocenters. The zero-order chi connectivity index (χ0) is 17.2. The van der Waals surface area contributed by atoms with E-state index < -0.39 is 0 Å². The number of carbonyl (C=O) groups excluding carboxylic acids is 2. The maximum atomic E-state index is 11.4. The Morgan fingerprint density at radius 2 is 1.04 bits per heavy atom. The lowest BCUT2D eigenvalue weighted by Crippen LogP contribution is -1.92. The Kier molecular flexibility index (Phi) is 3.91. The predicted molar refractivity (Wildman–Crippen MR) is 99.1 cm³/mol. The van der Waals surface area contributed by atoms with Crippen molar-refractivity contribution in [3.63, 3.8) is 0 Å². The van der Waals surface area contributed by atoms with Crippen LogP contribution in [0.4, 0.5) is 0 Å². The standard InChI is InChI=1S/C20H12N2O2S/c23-11-13-5-1-3-7-15(13)17-9-10-18(20-19(17)21-25-22-20)16-8-4-2-6-14(16)12-24/h1-12H. The van der Waals surface area contributed by atoms with Crippen LogP contribution in [-0.4, -0.2) is 21.3 Å². The predicted octanol–water partition coefficient (Wildman–Crippen LogP) is 4.65.